The maximum atomic E-state index is 13.6. The average molecular weight is 429 g/mol. The fourth-order valence-electron chi connectivity index (χ4n) is 5.45. The van der Waals surface area contributed by atoms with Crippen molar-refractivity contribution in [3.8, 4) is 0 Å². The molecule has 2 aliphatic carbocycles. The molecule has 0 aromatic heterocycles. The monoisotopic (exact) mass is 428 g/mol. The van der Waals surface area contributed by atoms with Gasteiger partial charge >= 0.3 is 0 Å². The second-order valence-electron chi connectivity index (χ2n) is 8.32. The highest BCUT2D eigenvalue weighted by Gasteiger charge is 2.57. The molecule has 2 aliphatic heterocycles. The molecular weight excluding hydrogens is 400 g/mol. The molecule has 4 rings (SSSR count). The topological polar surface area (TPSA) is 98.2 Å². The SMILES string of the molecule is O=C(C1CN(O)C2=CC=CCC23SCCC13)N(CS(=O)(=O)O)C1CCCCC1. The van der Waals surface area contributed by atoms with Crippen LogP contribution in [0, 0.1) is 11.8 Å². The van der Waals surface area contributed by atoms with Gasteiger partial charge in [-0.1, -0.05) is 31.4 Å². The van der Waals surface area contributed by atoms with Crippen LogP contribution < -0.4 is 0 Å². The molecular formula is C19H28N2O5S2. The van der Waals surface area contributed by atoms with E-state index in [1.54, 1.807) is 11.8 Å². The van der Waals surface area contributed by atoms with Crippen LogP contribution in [0.25, 0.3) is 0 Å². The lowest BCUT2D eigenvalue weighted by Crippen LogP contribution is -2.58. The molecule has 1 spiro atoms. The first kappa shape index (κ1) is 20.3. The fourth-order valence-corrected chi connectivity index (χ4v) is 7.91. The highest BCUT2D eigenvalue weighted by Crippen LogP contribution is 2.57. The molecule has 0 bridgehead atoms. The minimum absolute atomic E-state index is 0.0529. The first-order valence-electron chi connectivity index (χ1n) is 10.1. The van der Waals surface area contributed by atoms with E-state index < -0.39 is 21.9 Å². The van der Waals surface area contributed by atoms with Crippen LogP contribution in [0.2, 0.25) is 0 Å². The largest absolute Gasteiger partial charge is 0.323 e. The first-order chi connectivity index (χ1) is 13.3. The Hall–Kier alpha value is -1.03. The number of allylic oxidation sites excluding steroid dienone is 3. The summed E-state index contributed by atoms with van der Waals surface area (Å²) in [6, 6.07) is -0.163. The molecule has 2 saturated heterocycles. The number of thioether (sulfide) groups is 1. The van der Waals surface area contributed by atoms with Crippen molar-refractivity contribution in [3.05, 3.63) is 23.9 Å². The summed E-state index contributed by atoms with van der Waals surface area (Å²) in [6.45, 7) is 0.167. The summed E-state index contributed by atoms with van der Waals surface area (Å²) in [5.74, 6) is -0.420. The first-order valence-corrected chi connectivity index (χ1v) is 12.6. The Bertz CT molecular complexity index is 790. The minimum Gasteiger partial charge on any atom is -0.323 e. The van der Waals surface area contributed by atoms with Crippen LogP contribution in [0.4, 0.5) is 0 Å². The lowest BCUT2D eigenvalue weighted by atomic mass is 9.71. The Kier molecular flexibility index (Phi) is 5.54. The number of nitrogens with zero attached hydrogens (tertiary/aromatic N) is 2. The Morgan fingerprint density at radius 3 is 2.75 bits per heavy atom. The Morgan fingerprint density at radius 1 is 1.29 bits per heavy atom. The number of piperidine rings is 1. The Balaban J connectivity index is 1.64. The van der Waals surface area contributed by atoms with Crippen LogP contribution in [0.5, 0.6) is 0 Å². The summed E-state index contributed by atoms with van der Waals surface area (Å²) in [5.41, 5.74) is 0.852. The van der Waals surface area contributed by atoms with E-state index >= 15 is 0 Å². The van der Waals surface area contributed by atoms with E-state index in [0.29, 0.717) is 0 Å². The van der Waals surface area contributed by atoms with Gasteiger partial charge in [-0.15, -0.1) is 11.8 Å². The highest BCUT2D eigenvalue weighted by atomic mass is 32.2. The van der Waals surface area contributed by atoms with Crippen LogP contribution in [-0.2, 0) is 14.9 Å². The minimum atomic E-state index is -4.32. The van der Waals surface area contributed by atoms with Gasteiger partial charge in [0, 0.05) is 6.04 Å². The van der Waals surface area contributed by atoms with Gasteiger partial charge in [-0.2, -0.15) is 8.42 Å². The van der Waals surface area contributed by atoms with E-state index in [0.717, 1.165) is 56.4 Å². The third-order valence-electron chi connectivity index (χ3n) is 6.68. The summed E-state index contributed by atoms with van der Waals surface area (Å²) in [7, 11) is -4.32. The van der Waals surface area contributed by atoms with Crippen LogP contribution in [0.15, 0.2) is 23.9 Å². The van der Waals surface area contributed by atoms with E-state index in [4.69, 9.17) is 0 Å². The van der Waals surface area contributed by atoms with Crippen molar-refractivity contribution >= 4 is 27.8 Å². The molecule has 2 heterocycles. The lowest BCUT2D eigenvalue weighted by molar-refractivity contribution is -0.152. The van der Waals surface area contributed by atoms with Crippen LogP contribution >= 0.6 is 11.8 Å². The number of rotatable bonds is 4. The number of amides is 1. The molecule has 0 aromatic carbocycles. The van der Waals surface area contributed by atoms with Gasteiger partial charge in [0.05, 0.1) is 22.9 Å². The molecule has 2 N–H and O–H groups in total. The summed E-state index contributed by atoms with van der Waals surface area (Å²) >= 11 is 1.78. The van der Waals surface area contributed by atoms with Crippen molar-refractivity contribution in [2.75, 3.05) is 18.2 Å². The fraction of sp³-hybridized carbons (Fsp3) is 0.737. The van der Waals surface area contributed by atoms with Crippen LogP contribution in [0.1, 0.15) is 44.9 Å². The molecule has 3 unspecified atom stereocenters. The highest BCUT2D eigenvalue weighted by molar-refractivity contribution is 8.01. The number of carbonyl (C=O) groups excluding carboxylic acids is 1. The van der Waals surface area contributed by atoms with Crippen molar-refractivity contribution in [3.63, 3.8) is 0 Å². The van der Waals surface area contributed by atoms with Crippen molar-refractivity contribution in [2.24, 2.45) is 11.8 Å². The summed E-state index contributed by atoms with van der Waals surface area (Å²) in [4.78, 5) is 15.0. The lowest BCUT2D eigenvalue weighted by Gasteiger charge is -2.50. The zero-order valence-electron chi connectivity index (χ0n) is 15.9. The van der Waals surface area contributed by atoms with Crippen LogP contribution in [-0.4, -0.2) is 63.0 Å². The van der Waals surface area contributed by atoms with E-state index in [1.165, 1.54) is 9.96 Å². The molecule has 3 fully saturated rings. The standard InChI is InChI=1S/C19H28N2O5S2/c22-18(20(13-28(24,25)26)14-6-2-1-3-7-14)15-12-21(23)17-8-4-5-10-19(17)16(15)9-11-27-19/h4-5,8,14-16,23H,1-3,6-7,9-13H2,(H,24,25,26). The average Bonchev–Trinajstić information content (AvgIpc) is 3.08. The second-order valence-corrected chi connectivity index (χ2v) is 11.2. The van der Waals surface area contributed by atoms with E-state index in [9.17, 15) is 23.0 Å². The molecule has 1 amide bonds. The third-order valence-corrected chi connectivity index (χ3v) is 8.92. The van der Waals surface area contributed by atoms with Crippen LogP contribution in [0.3, 0.4) is 0 Å². The van der Waals surface area contributed by atoms with Gasteiger partial charge in [-0.3, -0.25) is 19.6 Å². The maximum Gasteiger partial charge on any atom is 0.283 e. The van der Waals surface area contributed by atoms with Crippen molar-refractivity contribution < 1.29 is 23.0 Å². The number of hydrogen-bond acceptors (Lipinski definition) is 6. The molecule has 1 saturated carbocycles. The summed E-state index contributed by atoms with van der Waals surface area (Å²) in [5, 5.41) is 11.9. The van der Waals surface area contributed by atoms with Gasteiger partial charge in [0.2, 0.25) is 5.91 Å². The van der Waals surface area contributed by atoms with Crippen molar-refractivity contribution in [1.29, 1.82) is 0 Å². The van der Waals surface area contributed by atoms with Gasteiger partial charge in [-0.25, -0.2) is 0 Å². The van der Waals surface area contributed by atoms with Crippen molar-refractivity contribution in [1.82, 2.24) is 9.96 Å². The maximum absolute atomic E-state index is 13.6. The zero-order valence-corrected chi connectivity index (χ0v) is 17.5. The molecule has 4 aliphatic rings. The zero-order chi connectivity index (χ0) is 19.9. The Labute approximate surface area is 170 Å². The van der Waals surface area contributed by atoms with Gasteiger partial charge in [0.25, 0.3) is 10.1 Å². The predicted octanol–water partition coefficient (Wildman–Crippen LogP) is 2.65. The smallest absolute Gasteiger partial charge is 0.283 e. The number of hydrogen-bond donors (Lipinski definition) is 2. The van der Waals surface area contributed by atoms with Crippen molar-refractivity contribution in [2.45, 2.75) is 55.7 Å². The molecule has 3 atom stereocenters. The van der Waals surface area contributed by atoms with Gasteiger partial charge in [0.1, 0.15) is 5.88 Å². The third kappa shape index (κ3) is 3.62. The normalized spacial score (nSPS) is 33.2. The van der Waals surface area contributed by atoms with Gasteiger partial charge < -0.3 is 4.90 Å². The number of hydroxylamine groups is 2. The molecule has 0 radical (unpaired) electrons. The van der Waals surface area contributed by atoms with E-state index in [-0.39, 0.29) is 29.2 Å². The molecule has 28 heavy (non-hydrogen) atoms. The molecule has 7 nitrogen and oxygen atoms in total. The number of carbonyl (C=O) groups is 1. The predicted molar refractivity (Wildman–Crippen MR) is 107 cm³/mol. The summed E-state index contributed by atoms with van der Waals surface area (Å²) in [6.07, 6.45) is 12.1. The summed E-state index contributed by atoms with van der Waals surface area (Å²) < 4.78 is 32.5. The molecule has 9 heteroatoms. The van der Waals surface area contributed by atoms with Gasteiger partial charge in [0.15, 0.2) is 0 Å². The molecule has 0 aromatic rings. The van der Waals surface area contributed by atoms with E-state index in [2.05, 4.69) is 6.08 Å². The quantitative estimate of drug-likeness (QED) is 0.664. The Morgan fingerprint density at radius 2 is 2.04 bits per heavy atom. The second kappa shape index (κ2) is 7.66. The van der Waals surface area contributed by atoms with Gasteiger partial charge in [-0.05, 0) is 43.4 Å². The molecule has 156 valence electrons. The van der Waals surface area contributed by atoms with E-state index in [1.807, 2.05) is 12.2 Å².